The van der Waals surface area contributed by atoms with E-state index in [4.69, 9.17) is 5.11 Å². The second-order valence-corrected chi connectivity index (χ2v) is 5.26. The van der Waals surface area contributed by atoms with Crippen molar-refractivity contribution < 1.29 is 14.3 Å². The molecule has 2 N–H and O–H groups in total. The fourth-order valence-electron chi connectivity index (χ4n) is 2.38. The highest BCUT2D eigenvalue weighted by Gasteiger charge is 2.19. The number of hydrogen-bond acceptors (Lipinski definition) is 3. The van der Waals surface area contributed by atoms with Crippen LogP contribution in [0.3, 0.4) is 0 Å². The van der Waals surface area contributed by atoms with Gasteiger partial charge in [-0.25, -0.2) is 13.9 Å². The van der Waals surface area contributed by atoms with E-state index < -0.39 is 17.7 Å². The molecule has 1 aromatic heterocycles. The third-order valence-corrected chi connectivity index (χ3v) is 3.53. The van der Waals surface area contributed by atoms with E-state index in [-0.39, 0.29) is 16.9 Å². The summed E-state index contributed by atoms with van der Waals surface area (Å²) >= 11 is 0. The lowest BCUT2D eigenvalue weighted by Crippen LogP contribution is -2.18. The summed E-state index contributed by atoms with van der Waals surface area (Å²) in [5.74, 6) is 0. The van der Waals surface area contributed by atoms with E-state index in [1.165, 1.54) is 41.2 Å². The highest BCUT2D eigenvalue weighted by atomic mass is 19.1. The van der Waals surface area contributed by atoms with E-state index in [1.54, 1.807) is 12.1 Å². The zero-order valence-corrected chi connectivity index (χ0v) is 13.0. The van der Waals surface area contributed by atoms with E-state index in [2.05, 4.69) is 10.4 Å². The number of alkyl halides is 1. The van der Waals surface area contributed by atoms with E-state index >= 15 is 0 Å². The molecule has 0 radical (unpaired) electrons. The van der Waals surface area contributed by atoms with Gasteiger partial charge in [0.15, 0.2) is 6.17 Å². The molecule has 3 aromatic rings. The summed E-state index contributed by atoms with van der Waals surface area (Å²) in [6, 6.07) is 16.1. The Bertz CT molecular complexity index is 957. The zero-order chi connectivity index (χ0) is 17.8. The first kappa shape index (κ1) is 16.4. The lowest BCUT2D eigenvalue weighted by atomic mass is 10.1. The van der Waals surface area contributed by atoms with Crippen molar-refractivity contribution in [2.75, 3.05) is 5.32 Å². The van der Waals surface area contributed by atoms with E-state index in [0.29, 0.717) is 5.69 Å². The number of hydrogen-bond donors (Lipinski definition) is 2. The lowest BCUT2D eigenvalue weighted by Gasteiger charge is -2.12. The van der Waals surface area contributed by atoms with Crippen molar-refractivity contribution in [1.82, 2.24) is 9.78 Å². The Morgan fingerprint density at radius 1 is 1.12 bits per heavy atom. The molecule has 2 aromatic carbocycles. The normalized spacial score (nSPS) is 11.7. The van der Waals surface area contributed by atoms with Crippen LogP contribution in [0.15, 0.2) is 71.7 Å². The summed E-state index contributed by atoms with van der Waals surface area (Å²) in [5.41, 5.74) is 0.251. The highest BCUT2D eigenvalue weighted by molar-refractivity contribution is 5.82. The van der Waals surface area contributed by atoms with Crippen molar-refractivity contribution in [1.29, 1.82) is 0 Å². The number of carbonyl (C=O) groups is 1. The number of rotatable bonds is 4. The van der Waals surface area contributed by atoms with Crippen LogP contribution in [0.5, 0.6) is 0 Å². The maximum Gasteiger partial charge on any atom is 0.409 e. The van der Waals surface area contributed by atoms with Gasteiger partial charge in [-0.3, -0.25) is 10.1 Å². The van der Waals surface area contributed by atoms with E-state index in [9.17, 15) is 14.0 Å². The van der Waals surface area contributed by atoms with Crippen molar-refractivity contribution >= 4 is 11.8 Å². The zero-order valence-electron chi connectivity index (χ0n) is 13.0. The molecule has 0 fully saturated rings. The van der Waals surface area contributed by atoms with E-state index in [1.807, 2.05) is 18.2 Å². The topological polar surface area (TPSA) is 84.2 Å². The van der Waals surface area contributed by atoms with Gasteiger partial charge in [0.2, 0.25) is 5.43 Å². The number of benzene rings is 2. The van der Waals surface area contributed by atoms with E-state index in [0.717, 1.165) is 0 Å². The fraction of sp³-hybridized carbons (Fsp3) is 0.0556. The number of aromatic nitrogens is 2. The minimum absolute atomic E-state index is 0.140. The molecule has 0 saturated carbocycles. The van der Waals surface area contributed by atoms with Crippen LogP contribution in [-0.4, -0.2) is 21.0 Å². The number of nitrogens with zero attached hydrogens (tertiary/aromatic N) is 2. The fourth-order valence-corrected chi connectivity index (χ4v) is 2.38. The van der Waals surface area contributed by atoms with Crippen LogP contribution in [-0.2, 0) is 0 Å². The van der Waals surface area contributed by atoms with Crippen LogP contribution in [0.1, 0.15) is 17.4 Å². The smallest absolute Gasteiger partial charge is 0.409 e. The van der Waals surface area contributed by atoms with Gasteiger partial charge in [0, 0.05) is 18.0 Å². The predicted octanol–water partition coefficient (Wildman–Crippen LogP) is 3.38. The maximum atomic E-state index is 14.9. The molecule has 0 saturated heterocycles. The van der Waals surface area contributed by atoms with Crippen molar-refractivity contribution in [2.45, 2.75) is 6.17 Å². The number of nitrogens with one attached hydrogen (secondary N) is 1. The monoisotopic (exact) mass is 339 g/mol. The van der Waals surface area contributed by atoms with Gasteiger partial charge in [0.05, 0.1) is 5.69 Å². The second-order valence-electron chi connectivity index (χ2n) is 5.26. The van der Waals surface area contributed by atoms with Crippen LogP contribution in [0.4, 0.5) is 14.9 Å². The van der Waals surface area contributed by atoms with Crippen LogP contribution in [0.25, 0.3) is 5.69 Å². The Morgan fingerprint density at radius 3 is 2.60 bits per heavy atom. The Labute approximate surface area is 142 Å². The first-order valence-electron chi connectivity index (χ1n) is 7.44. The molecule has 6 nitrogen and oxygen atoms in total. The van der Waals surface area contributed by atoms with Gasteiger partial charge >= 0.3 is 6.09 Å². The standard InChI is InChI=1S/C18H14FN3O3/c19-16(12-5-4-6-13(11-12)20-18(24)25)17-15(23)9-10-22(21-17)14-7-2-1-3-8-14/h1-11,16,20H,(H,24,25). The Morgan fingerprint density at radius 2 is 1.88 bits per heavy atom. The average molecular weight is 339 g/mol. The molecule has 1 unspecified atom stereocenters. The summed E-state index contributed by atoms with van der Waals surface area (Å²) in [5, 5.41) is 15.0. The molecule has 0 spiro atoms. The largest absolute Gasteiger partial charge is 0.465 e. The lowest BCUT2D eigenvalue weighted by molar-refractivity contribution is 0.209. The Balaban J connectivity index is 1.98. The first-order chi connectivity index (χ1) is 12.0. The van der Waals surface area contributed by atoms with Gasteiger partial charge in [-0.2, -0.15) is 5.10 Å². The minimum atomic E-state index is -1.78. The number of anilines is 1. The van der Waals surface area contributed by atoms with Gasteiger partial charge < -0.3 is 5.11 Å². The van der Waals surface area contributed by atoms with Crippen molar-refractivity contribution in [3.63, 3.8) is 0 Å². The molecular formula is C18H14FN3O3. The van der Waals surface area contributed by atoms with Gasteiger partial charge in [0.1, 0.15) is 5.69 Å². The Kier molecular flexibility index (Phi) is 4.56. The van der Waals surface area contributed by atoms with Gasteiger partial charge in [-0.1, -0.05) is 30.3 Å². The van der Waals surface area contributed by atoms with Crippen LogP contribution < -0.4 is 10.7 Å². The third kappa shape index (κ3) is 3.72. The summed E-state index contributed by atoms with van der Waals surface area (Å²) < 4.78 is 16.3. The summed E-state index contributed by atoms with van der Waals surface area (Å²) in [7, 11) is 0. The summed E-state index contributed by atoms with van der Waals surface area (Å²) in [6.07, 6.45) is -1.56. The average Bonchev–Trinajstić information content (AvgIpc) is 2.62. The predicted molar refractivity (Wildman–Crippen MR) is 90.9 cm³/mol. The number of amides is 1. The van der Waals surface area contributed by atoms with Gasteiger partial charge in [-0.05, 0) is 29.8 Å². The van der Waals surface area contributed by atoms with Crippen molar-refractivity contribution in [3.8, 4) is 5.69 Å². The second kappa shape index (κ2) is 6.96. The SMILES string of the molecule is O=C(O)Nc1cccc(C(F)c2nn(-c3ccccc3)ccc2=O)c1. The highest BCUT2D eigenvalue weighted by Crippen LogP contribution is 2.25. The van der Waals surface area contributed by atoms with Gasteiger partial charge in [0.25, 0.3) is 0 Å². The van der Waals surface area contributed by atoms with Gasteiger partial charge in [-0.15, -0.1) is 0 Å². The van der Waals surface area contributed by atoms with Crippen molar-refractivity contribution in [3.05, 3.63) is 88.3 Å². The summed E-state index contributed by atoms with van der Waals surface area (Å²) in [4.78, 5) is 22.8. The molecule has 1 amide bonds. The molecule has 1 heterocycles. The molecule has 0 bridgehead atoms. The van der Waals surface area contributed by atoms with Crippen LogP contribution in [0.2, 0.25) is 0 Å². The molecule has 126 valence electrons. The van der Waals surface area contributed by atoms with Crippen LogP contribution in [0, 0.1) is 0 Å². The molecule has 1 atom stereocenters. The molecule has 25 heavy (non-hydrogen) atoms. The Hall–Kier alpha value is -3.48. The molecule has 0 aliphatic carbocycles. The third-order valence-electron chi connectivity index (χ3n) is 3.53. The molecule has 0 aliphatic rings. The quantitative estimate of drug-likeness (QED) is 0.763. The minimum Gasteiger partial charge on any atom is -0.465 e. The summed E-state index contributed by atoms with van der Waals surface area (Å²) in [6.45, 7) is 0. The number of halogens is 1. The maximum absolute atomic E-state index is 14.9. The molecule has 3 rings (SSSR count). The molecule has 7 heteroatoms. The number of para-hydroxylation sites is 1. The first-order valence-corrected chi connectivity index (χ1v) is 7.44. The number of carboxylic acid groups (broad SMARTS) is 1. The molecular weight excluding hydrogens is 325 g/mol. The van der Waals surface area contributed by atoms with Crippen LogP contribution >= 0.6 is 0 Å². The molecule has 0 aliphatic heterocycles. The van der Waals surface area contributed by atoms with Crippen molar-refractivity contribution in [2.24, 2.45) is 0 Å².